The van der Waals surface area contributed by atoms with Gasteiger partial charge < -0.3 is 14.8 Å². The molecule has 0 saturated carbocycles. The molecule has 1 aliphatic rings. The minimum atomic E-state index is -0.534. The molecule has 4 rings (SSSR count). The average Bonchev–Trinajstić information content (AvgIpc) is 3.14. The maximum Gasteiger partial charge on any atom is 0.343 e. The average molecular weight is 465 g/mol. The summed E-state index contributed by atoms with van der Waals surface area (Å²) in [7, 11) is 1.55. The van der Waals surface area contributed by atoms with Gasteiger partial charge in [-0.05, 0) is 71.9 Å². The highest BCUT2D eigenvalue weighted by Crippen LogP contribution is 2.31. The van der Waals surface area contributed by atoms with Gasteiger partial charge in [0.05, 0.1) is 28.3 Å². The van der Waals surface area contributed by atoms with Crippen LogP contribution in [0.25, 0.3) is 6.08 Å². The fourth-order valence-corrected chi connectivity index (χ4v) is 3.90. The largest absolute Gasteiger partial charge is 0.497 e. The number of carbonyl (C=O) groups excluding carboxylic acids is 2. The third-order valence-corrected chi connectivity index (χ3v) is 5.63. The normalized spacial score (nSPS) is 15.6. The zero-order valence-electron chi connectivity index (χ0n) is 16.9. The summed E-state index contributed by atoms with van der Waals surface area (Å²) in [5.74, 6) is 0.0937. The quantitative estimate of drug-likeness (QED) is 0.308. The minimum Gasteiger partial charge on any atom is -0.497 e. The maximum absolute atomic E-state index is 12.4. The highest BCUT2D eigenvalue weighted by molar-refractivity contribution is 8.18. The van der Waals surface area contributed by atoms with Gasteiger partial charge in [0.2, 0.25) is 0 Å². The maximum atomic E-state index is 12.4. The van der Waals surface area contributed by atoms with Crippen molar-refractivity contribution in [3.05, 3.63) is 93.9 Å². The van der Waals surface area contributed by atoms with Gasteiger partial charge in [0.25, 0.3) is 5.91 Å². The molecule has 6 nitrogen and oxygen atoms in total. The fraction of sp³-hybridized carbons (Fsp3) is 0.0417. The molecule has 32 heavy (non-hydrogen) atoms. The van der Waals surface area contributed by atoms with E-state index in [1.807, 2.05) is 30.3 Å². The van der Waals surface area contributed by atoms with Crippen LogP contribution < -0.4 is 14.8 Å². The van der Waals surface area contributed by atoms with Crippen molar-refractivity contribution in [3.8, 4) is 11.5 Å². The molecule has 1 N–H and O–H groups in total. The Morgan fingerprint density at radius 3 is 2.50 bits per heavy atom. The Kier molecular flexibility index (Phi) is 6.58. The van der Waals surface area contributed by atoms with E-state index in [2.05, 4.69) is 10.3 Å². The Morgan fingerprint density at radius 1 is 1.06 bits per heavy atom. The number of hydrogen-bond acceptors (Lipinski definition) is 6. The number of nitrogens with zero attached hydrogens (tertiary/aromatic N) is 1. The third kappa shape index (κ3) is 5.19. The lowest BCUT2D eigenvalue weighted by molar-refractivity contribution is -0.115. The summed E-state index contributed by atoms with van der Waals surface area (Å²) in [6.45, 7) is 0. The van der Waals surface area contributed by atoms with E-state index < -0.39 is 5.97 Å². The zero-order chi connectivity index (χ0) is 22.5. The molecule has 1 saturated heterocycles. The van der Waals surface area contributed by atoms with Crippen molar-refractivity contribution in [2.75, 3.05) is 7.11 Å². The lowest BCUT2D eigenvalue weighted by atomic mass is 10.2. The molecule has 1 aliphatic heterocycles. The Balaban J connectivity index is 1.47. The molecule has 3 aromatic carbocycles. The van der Waals surface area contributed by atoms with Gasteiger partial charge in [-0.1, -0.05) is 35.9 Å². The lowest BCUT2D eigenvalue weighted by Gasteiger charge is -2.08. The van der Waals surface area contributed by atoms with Crippen LogP contribution in [0.15, 0.2) is 82.7 Å². The number of carbonyl (C=O) groups is 2. The highest BCUT2D eigenvalue weighted by Gasteiger charge is 2.24. The molecule has 8 heteroatoms. The van der Waals surface area contributed by atoms with Crippen LogP contribution in [0.2, 0.25) is 5.02 Å². The van der Waals surface area contributed by atoms with Crippen LogP contribution in [0.1, 0.15) is 15.9 Å². The predicted octanol–water partition coefficient (Wildman–Crippen LogP) is 5.46. The molecule has 160 valence electrons. The van der Waals surface area contributed by atoms with Crippen LogP contribution >= 0.6 is 23.4 Å². The lowest BCUT2D eigenvalue weighted by Crippen LogP contribution is -2.19. The second-order valence-electron chi connectivity index (χ2n) is 6.63. The van der Waals surface area contributed by atoms with Crippen molar-refractivity contribution in [3.63, 3.8) is 0 Å². The molecule has 3 aromatic rings. The van der Waals surface area contributed by atoms with E-state index >= 15 is 0 Å². The number of amidine groups is 1. The smallest absolute Gasteiger partial charge is 0.343 e. The van der Waals surface area contributed by atoms with Crippen molar-refractivity contribution in [1.29, 1.82) is 0 Å². The number of para-hydroxylation sites is 1. The third-order valence-electron chi connectivity index (χ3n) is 4.42. The van der Waals surface area contributed by atoms with Crippen molar-refractivity contribution in [1.82, 2.24) is 5.32 Å². The van der Waals surface area contributed by atoms with Gasteiger partial charge in [0.15, 0.2) is 5.17 Å². The van der Waals surface area contributed by atoms with Gasteiger partial charge in [0.1, 0.15) is 11.5 Å². The van der Waals surface area contributed by atoms with Crippen molar-refractivity contribution >= 4 is 52.2 Å². The summed E-state index contributed by atoms with van der Waals surface area (Å²) in [6.07, 6.45) is 1.70. The number of thioether (sulfide) groups is 1. The van der Waals surface area contributed by atoms with Crippen molar-refractivity contribution in [2.45, 2.75) is 0 Å². The summed E-state index contributed by atoms with van der Waals surface area (Å²) in [6, 6.07) is 20.9. The molecule has 0 unspecified atom stereocenters. The monoisotopic (exact) mass is 464 g/mol. The van der Waals surface area contributed by atoms with Gasteiger partial charge in [-0.15, -0.1) is 0 Å². The molecule has 1 fully saturated rings. The number of halogens is 1. The second kappa shape index (κ2) is 9.72. The molecule has 0 aromatic heterocycles. The Bertz CT molecular complexity index is 1220. The van der Waals surface area contributed by atoms with Crippen LogP contribution in [-0.2, 0) is 4.79 Å². The van der Waals surface area contributed by atoms with Gasteiger partial charge in [-0.3, -0.25) is 4.79 Å². The molecule has 1 amide bonds. The Hall–Kier alpha value is -3.55. The summed E-state index contributed by atoms with van der Waals surface area (Å²) in [5.41, 5.74) is 1.82. The van der Waals surface area contributed by atoms with Gasteiger partial charge in [-0.25, -0.2) is 9.79 Å². The fourth-order valence-electron chi connectivity index (χ4n) is 2.83. The summed E-state index contributed by atoms with van der Waals surface area (Å²) < 4.78 is 10.5. The van der Waals surface area contributed by atoms with E-state index in [4.69, 9.17) is 21.1 Å². The number of nitrogens with one attached hydrogen (secondary N) is 1. The molecule has 0 atom stereocenters. The second-order valence-corrected chi connectivity index (χ2v) is 8.06. The van der Waals surface area contributed by atoms with E-state index in [0.717, 1.165) is 5.69 Å². The summed E-state index contributed by atoms with van der Waals surface area (Å²) in [5, 5.41) is 3.50. The molecule has 1 heterocycles. The number of ether oxygens (including phenoxy) is 2. The molecule has 0 spiro atoms. The number of esters is 1. The van der Waals surface area contributed by atoms with Crippen LogP contribution in [0.4, 0.5) is 5.69 Å². The number of rotatable bonds is 5. The van der Waals surface area contributed by atoms with E-state index in [0.29, 0.717) is 26.9 Å². The predicted molar refractivity (Wildman–Crippen MR) is 127 cm³/mol. The van der Waals surface area contributed by atoms with Gasteiger partial charge in [-0.2, -0.15) is 0 Å². The zero-order valence-corrected chi connectivity index (χ0v) is 18.4. The Labute approximate surface area is 193 Å². The molecule has 0 bridgehead atoms. The highest BCUT2D eigenvalue weighted by atomic mass is 35.5. The number of aliphatic imine (C=N–C) groups is 1. The first kappa shape index (κ1) is 21.7. The van der Waals surface area contributed by atoms with Crippen LogP contribution in [0, 0.1) is 0 Å². The van der Waals surface area contributed by atoms with Crippen molar-refractivity contribution < 1.29 is 19.1 Å². The summed E-state index contributed by atoms with van der Waals surface area (Å²) >= 11 is 7.55. The first-order chi connectivity index (χ1) is 15.5. The van der Waals surface area contributed by atoms with Crippen LogP contribution in [0.5, 0.6) is 11.5 Å². The van der Waals surface area contributed by atoms with Crippen LogP contribution in [0.3, 0.4) is 0 Å². The Morgan fingerprint density at radius 2 is 1.81 bits per heavy atom. The molecule has 0 aliphatic carbocycles. The standard InChI is InChI=1S/C24H17ClN2O4S/c1-30-18-10-8-16(9-11-18)23(29)31-20-12-7-15(13-19(20)25)14-21-22(28)27-24(32-21)26-17-5-3-2-4-6-17/h2-14H,1H3,(H,26,27,28). The SMILES string of the molecule is COc1ccc(C(=O)Oc2ccc(C=C3SC(=Nc4ccccc4)NC3=O)cc2Cl)cc1. The van der Waals surface area contributed by atoms with Crippen molar-refractivity contribution in [2.24, 2.45) is 4.99 Å². The van der Waals surface area contributed by atoms with E-state index in [1.54, 1.807) is 55.7 Å². The number of methoxy groups -OCH3 is 1. The van der Waals surface area contributed by atoms with Crippen LogP contribution in [-0.4, -0.2) is 24.2 Å². The first-order valence-corrected chi connectivity index (χ1v) is 10.7. The molecule has 0 radical (unpaired) electrons. The minimum absolute atomic E-state index is 0.226. The topological polar surface area (TPSA) is 77.0 Å². The van der Waals surface area contributed by atoms with Gasteiger partial charge >= 0.3 is 5.97 Å². The summed E-state index contributed by atoms with van der Waals surface area (Å²) in [4.78, 5) is 29.5. The van der Waals surface area contributed by atoms with Gasteiger partial charge in [0, 0.05) is 0 Å². The van der Waals surface area contributed by atoms with E-state index in [-0.39, 0.29) is 16.7 Å². The van der Waals surface area contributed by atoms with E-state index in [1.165, 1.54) is 11.8 Å². The molecular formula is C24H17ClN2O4S. The molecular weight excluding hydrogens is 448 g/mol. The van der Waals surface area contributed by atoms with E-state index in [9.17, 15) is 9.59 Å². The number of benzene rings is 3. The number of hydrogen-bond donors (Lipinski definition) is 1. The number of amides is 1. The first-order valence-electron chi connectivity index (χ1n) is 9.52.